The number of carbonyl (C=O) groups excluding carboxylic acids is 1. The third-order valence-corrected chi connectivity index (χ3v) is 4.70. The Morgan fingerprint density at radius 1 is 1.50 bits per heavy atom. The lowest BCUT2D eigenvalue weighted by atomic mass is 9.86. The van der Waals surface area contributed by atoms with Gasteiger partial charge in [-0.05, 0) is 37.0 Å². The van der Waals surface area contributed by atoms with Gasteiger partial charge in [-0.2, -0.15) is 0 Å². The van der Waals surface area contributed by atoms with Gasteiger partial charge in [0.15, 0.2) is 5.13 Å². The zero-order chi connectivity index (χ0) is 11.0. The number of hydrogen-bond acceptors (Lipinski definition) is 3. The van der Waals surface area contributed by atoms with Crippen molar-refractivity contribution in [3.05, 3.63) is 11.6 Å². The topological polar surface area (TPSA) is 42.0 Å². The minimum Gasteiger partial charge on any atom is -0.302 e. The van der Waals surface area contributed by atoms with Gasteiger partial charge in [0.2, 0.25) is 5.91 Å². The number of amides is 1. The molecule has 1 N–H and O–H groups in total. The zero-order valence-electron chi connectivity index (χ0n) is 9.19. The summed E-state index contributed by atoms with van der Waals surface area (Å²) in [6.07, 6.45) is 7.80. The van der Waals surface area contributed by atoms with Gasteiger partial charge in [-0.3, -0.25) is 4.79 Å². The van der Waals surface area contributed by atoms with Crippen LogP contribution in [0.15, 0.2) is 11.6 Å². The third-order valence-electron chi connectivity index (χ3n) is 4.01. The van der Waals surface area contributed by atoms with Gasteiger partial charge in [0.1, 0.15) is 0 Å². The Hall–Kier alpha value is -0.900. The number of carbonyl (C=O) groups is 1. The first kappa shape index (κ1) is 10.3. The second-order valence-electron chi connectivity index (χ2n) is 5.02. The van der Waals surface area contributed by atoms with E-state index in [1.165, 1.54) is 37.0 Å². The fourth-order valence-corrected chi connectivity index (χ4v) is 3.87. The van der Waals surface area contributed by atoms with E-state index < -0.39 is 0 Å². The standard InChI is InChI=1S/C12H16N2OS/c15-11(14-12-13-3-4-16-12)7-10-6-8-1-2-9(10)5-8/h3-4,8-10H,1-2,5-7H2,(H,13,14,15)/t8-,9+,10+/m0/s1. The van der Waals surface area contributed by atoms with E-state index in [0.717, 1.165) is 17.0 Å². The molecule has 1 amide bonds. The highest BCUT2D eigenvalue weighted by atomic mass is 32.1. The molecule has 0 aromatic carbocycles. The number of aromatic nitrogens is 1. The Morgan fingerprint density at radius 3 is 3.06 bits per heavy atom. The number of hydrogen-bond donors (Lipinski definition) is 1. The summed E-state index contributed by atoms with van der Waals surface area (Å²) < 4.78 is 0. The summed E-state index contributed by atoms with van der Waals surface area (Å²) in [6.45, 7) is 0. The van der Waals surface area contributed by atoms with Crippen molar-refractivity contribution in [3.63, 3.8) is 0 Å². The largest absolute Gasteiger partial charge is 0.302 e. The van der Waals surface area contributed by atoms with Crippen molar-refractivity contribution < 1.29 is 4.79 Å². The average Bonchev–Trinajstić information content (AvgIpc) is 2.92. The summed E-state index contributed by atoms with van der Waals surface area (Å²) >= 11 is 1.48. The smallest absolute Gasteiger partial charge is 0.226 e. The van der Waals surface area contributed by atoms with Crippen LogP contribution < -0.4 is 5.32 Å². The van der Waals surface area contributed by atoms with Crippen molar-refractivity contribution in [2.24, 2.45) is 17.8 Å². The first-order chi connectivity index (χ1) is 7.81. The van der Waals surface area contributed by atoms with Gasteiger partial charge in [-0.15, -0.1) is 11.3 Å². The monoisotopic (exact) mass is 236 g/mol. The highest BCUT2D eigenvalue weighted by molar-refractivity contribution is 7.13. The molecule has 0 radical (unpaired) electrons. The number of thiazole rings is 1. The lowest BCUT2D eigenvalue weighted by Crippen LogP contribution is -2.20. The predicted molar refractivity (Wildman–Crippen MR) is 64.3 cm³/mol. The summed E-state index contributed by atoms with van der Waals surface area (Å²) in [7, 11) is 0. The molecule has 3 nitrogen and oxygen atoms in total. The Kier molecular flexibility index (Phi) is 2.67. The third kappa shape index (κ3) is 1.98. The number of nitrogens with one attached hydrogen (secondary N) is 1. The van der Waals surface area contributed by atoms with Crippen LogP contribution in [0, 0.1) is 17.8 Å². The molecule has 1 aromatic rings. The highest BCUT2D eigenvalue weighted by Crippen LogP contribution is 2.49. The van der Waals surface area contributed by atoms with Crippen molar-refractivity contribution >= 4 is 22.4 Å². The summed E-state index contributed by atoms with van der Waals surface area (Å²) in [5, 5.41) is 5.49. The summed E-state index contributed by atoms with van der Waals surface area (Å²) in [5.41, 5.74) is 0. The quantitative estimate of drug-likeness (QED) is 0.876. The molecular weight excluding hydrogens is 220 g/mol. The molecule has 0 saturated heterocycles. The minimum absolute atomic E-state index is 0.146. The van der Waals surface area contributed by atoms with Crippen LogP contribution >= 0.6 is 11.3 Å². The van der Waals surface area contributed by atoms with Crippen molar-refractivity contribution in [2.45, 2.75) is 32.1 Å². The predicted octanol–water partition coefficient (Wildman–Crippen LogP) is 2.91. The molecule has 16 heavy (non-hydrogen) atoms. The first-order valence-electron chi connectivity index (χ1n) is 6.00. The molecule has 4 heteroatoms. The molecule has 1 aromatic heterocycles. The normalized spacial score (nSPS) is 31.9. The van der Waals surface area contributed by atoms with Crippen molar-refractivity contribution in [3.8, 4) is 0 Å². The summed E-state index contributed by atoms with van der Waals surface area (Å²) in [4.78, 5) is 15.9. The average molecular weight is 236 g/mol. The molecule has 2 aliphatic carbocycles. The summed E-state index contributed by atoms with van der Waals surface area (Å²) in [6, 6.07) is 0. The second kappa shape index (κ2) is 4.17. The number of nitrogens with zero attached hydrogens (tertiary/aromatic N) is 1. The number of rotatable bonds is 3. The second-order valence-corrected chi connectivity index (χ2v) is 5.92. The fourth-order valence-electron chi connectivity index (χ4n) is 3.32. The van der Waals surface area contributed by atoms with Gasteiger partial charge >= 0.3 is 0 Å². The van der Waals surface area contributed by atoms with E-state index in [1.807, 2.05) is 5.38 Å². The molecule has 0 spiro atoms. The Balaban J connectivity index is 1.53. The van der Waals surface area contributed by atoms with Gasteiger partial charge in [0.05, 0.1) is 0 Å². The Bertz CT molecular complexity index is 376. The van der Waals surface area contributed by atoms with Gasteiger partial charge in [-0.1, -0.05) is 6.42 Å². The van der Waals surface area contributed by atoms with Crippen LogP contribution in [0.5, 0.6) is 0 Å². The van der Waals surface area contributed by atoms with Crippen LogP contribution in [0.1, 0.15) is 32.1 Å². The molecule has 86 valence electrons. The van der Waals surface area contributed by atoms with Crippen LogP contribution in [0.3, 0.4) is 0 Å². The van der Waals surface area contributed by atoms with Crippen LogP contribution in [-0.2, 0) is 4.79 Å². The molecule has 0 aliphatic heterocycles. The van der Waals surface area contributed by atoms with Crippen LogP contribution in [0.25, 0.3) is 0 Å². The molecule has 0 unspecified atom stereocenters. The molecule has 3 atom stereocenters. The van der Waals surface area contributed by atoms with E-state index in [1.54, 1.807) is 6.20 Å². The van der Waals surface area contributed by atoms with Gasteiger partial charge < -0.3 is 5.32 Å². The molecular formula is C12H16N2OS. The Morgan fingerprint density at radius 2 is 2.44 bits per heavy atom. The van der Waals surface area contributed by atoms with Gasteiger partial charge in [0.25, 0.3) is 0 Å². The highest BCUT2D eigenvalue weighted by Gasteiger charge is 2.40. The maximum absolute atomic E-state index is 11.8. The van der Waals surface area contributed by atoms with E-state index in [9.17, 15) is 4.79 Å². The number of fused-ring (bicyclic) bond motifs is 2. The van der Waals surface area contributed by atoms with Crippen molar-refractivity contribution in [2.75, 3.05) is 5.32 Å². The SMILES string of the molecule is O=C(C[C@H]1C[C@H]2CC[C@@H]1C2)Nc1nccs1. The Labute approximate surface area is 99.3 Å². The van der Waals surface area contributed by atoms with E-state index in [2.05, 4.69) is 10.3 Å². The lowest BCUT2D eigenvalue weighted by molar-refractivity contribution is -0.117. The zero-order valence-corrected chi connectivity index (χ0v) is 10.0. The molecule has 3 rings (SSSR count). The number of anilines is 1. The van der Waals surface area contributed by atoms with E-state index in [0.29, 0.717) is 12.3 Å². The van der Waals surface area contributed by atoms with Crippen LogP contribution in [0.4, 0.5) is 5.13 Å². The van der Waals surface area contributed by atoms with Crippen LogP contribution in [-0.4, -0.2) is 10.9 Å². The molecule has 2 aliphatic rings. The fraction of sp³-hybridized carbons (Fsp3) is 0.667. The minimum atomic E-state index is 0.146. The maximum atomic E-state index is 11.8. The van der Waals surface area contributed by atoms with E-state index in [4.69, 9.17) is 0 Å². The van der Waals surface area contributed by atoms with Crippen molar-refractivity contribution in [1.82, 2.24) is 4.98 Å². The van der Waals surface area contributed by atoms with Gasteiger partial charge in [-0.25, -0.2) is 4.98 Å². The molecule has 2 fully saturated rings. The van der Waals surface area contributed by atoms with E-state index >= 15 is 0 Å². The van der Waals surface area contributed by atoms with Gasteiger partial charge in [0, 0.05) is 18.0 Å². The molecule has 1 heterocycles. The maximum Gasteiger partial charge on any atom is 0.226 e. The van der Waals surface area contributed by atoms with E-state index in [-0.39, 0.29) is 5.91 Å². The van der Waals surface area contributed by atoms with Crippen LogP contribution in [0.2, 0.25) is 0 Å². The summed E-state index contributed by atoms with van der Waals surface area (Å²) in [5.74, 6) is 2.53. The molecule has 2 saturated carbocycles. The van der Waals surface area contributed by atoms with Crippen molar-refractivity contribution in [1.29, 1.82) is 0 Å². The lowest BCUT2D eigenvalue weighted by Gasteiger charge is -2.20. The molecule has 2 bridgehead atoms. The first-order valence-corrected chi connectivity index (χ1v) is 6.88.